The highest BCUT2D eigenvalue weighted by Gasteiger charge is 2.04. The van der Waals surface area contributed by atoms with E-state index in [1.165, 1.54) is 12.8 Å². The quantitative estimate of drug-likeness (QED) is 0.767. The summed E-state index contributed by atoms with van der Waals surface area (Å²) in [5.41, 5.74) is 1.07. The number of pyridine rings is 1. The second kappa shape index (κ2) is 7.09. The summed E-state index contributed by atoms with van der Waals surface area (Å²) in [5.74, 6) is 0.691. The molecule has 3 nitrogen and oxygen atoms in total. The summed E-state index contributed by atoms with van der Waals surface area (Å²) in [4.78, 5) is 4.23. The highest BCUT2D eigenvalue weighted by molar-refractivity contribution is 5.42. The summed E-state index contributed by atoms with van der Waals surface area (Å²) in [6.45, 7) is 7.03. The first-order valence-electron chi connectivity index (χ1n) is 6.15. The monoisotopic (exact) mass is 222 g/mol. The molecule has 1 atom stereocenters. The van der Waals surface area contributed by atoms with Crippen LogP contribution in [0.3, 0.4) is 0 Å². The van der Waals surface area contributed by atoms with Gasteiger partial charge in [-0.15, -0.1) is 0 Å². The van der Waals surface area contributed by atoms with Crippen LogP contribution in [0.2, 0.25) is 0 Å². The summed E-state index contributed by atoms with van der Waals surface area (Å²) in [7, 11) is 0. The Morgan fingerprint density at radius 2 is 2.12 bits per heavy atom. The summed E-state index contributed by atoms with van der Waals surface area (Å²) in [6, 6.07) is 4.48. The van der Waals surface area contributed by atoms with E-state index < -0.39 is 0 Å². The van der Waals surface area contributed by atoms with Crippen molar-refractivity contribution in [2.75, 3.05) is 11.9 Å². The second-order valence-electron chi connectivity index (χ2n) is 3.86. The molecule has 0 aliphatic carbocycles. The van der Waals surface area contributed by atoms with E-state index >= 15 is 0 Å². The minimum atomic E-state index is 0.546. The Kier molecular flexibility index (Phi) is 5.68. The first-order valence-corrected chi connectivity index (χ1v) is 6.15. The van der Waals surface area contributed by atoms with Crippen LogP contribution in [0.15, 0.2) is 18.3 Å². The summed E-state index contributed by atoms with van der Waals surface area (Å²) < 4.78 is 5.30. The van der Waals surface area contributed by atoms with Crippen molar-refractivity contribution in [3.05, 3.63) is 18.3 Å². The molecule has 1 aromatic rings. The van der Waals surface area contributed by atoms with Gasteiger partial charge in [-0.3, -0.25) is 0 Å². The lowest BCUT2D eigenvalue weighted by Gasteiger charge is -2.17. The van der Waals surface area contributed by atoms with Crippen molar-refractivity contribution in [1.82, 2.24) is 4.98 Å². The molecule has 1 unspecified atom stereocenters. The third-order valence-electron chi connectivity index (χ3n) is 2.53. The molecule has 1 rings (SSSR count). The third kappa shape index (κ3) is 4.09. The predicted octanol–water partition coefficient (Wildman–Crippen LogP) is 3.47. The van der Waals surface area contributed by atoms with Crippen LogP contribution in [0.1, 0.15) is 40.0 Å². The van der Waals surface area contributed by atoms with Crippen molar-refractivity contribution in [2.45, 2.75) is 46.1 Å². The molecule has 0 saturated carbocycles. The maximum Gasteiger partial charge on any atom is 0.213 e. The average molecular weight is 222 g/mol. The summed E-state index contributed by atoms with van der Waals surface area (Å²) >= 11 is 0. The Bertz CT molecular complexity index is 284. The van der Waals surface area contributed by atoms with Gasteiger partial charge in [0, 0.05) is 12.1 Å². The van der Waals surface area contributed by atoms with E-state index in [0.29, 0.717) is 18.5 Å². The fourth-order valence-electron chi connectivity index (χ4n) is 1.66. The Morgan fingerprint density at radius 1 is 1.31 bits per heavy atom. The SMILES string of the molecule is CCCC(CC)Nc1ccc(OCC)nc1. The van der Waals surface area contributed by atoms with Crippen LogP contribution in [-0.4, -0.2) is 17.6 Å². The molecule has 90 valence electrons. The Morgan fingerprint density at radius 3 is 2.62 bits per heavy atom. The zero-order chi connectivity index (χ0) is 11.8. The molecule has 16 heavy (non-hydrogen) atoms. The predicted molar refractivity (Wildman–Crippen MR) is 68.0 cm³/mol. The fraction of sp³-hybridized carbons (Fsp3) is 0.615. The maximum atomic E-state index is 5.30. The van der Waals surface area contributed by atoms with E-state index in [4.69, 9.17) is 4.74 Å². The van der Waals surface area contributed by atoms with Crippen LogP contribution in [-0.2, 0) is 0 Å². The first-order chi connectivity index (χ1) is 7.80. The largest absolute Gasteiger partial charge is 0.478 e. The van der Waals surface area contributed by atoms with Crippen molar-refractivity contribution < 1.29 is 4.74 Å². The van der Waals surface area contributed by atoms with E-state index in [1.807, 2.05) is 25.3 Å². The Balaban J connectivity index is 2.53. The molecule has 1 N–H and O–H groups in total. The third-order valence-corrected chi connectivity index (χ3v) is 2.53. The zero-order valence-corrected chi connectivity index (χ0v) is 10.5. The number of aromatic nitrogens is 1. The zero-order valence-electron chi connectivity index (χ0n) is 10.5. The van der Waals surface area contributed by atoms with Crippen LogP contribution in [0.4, 0.5) is 5.69 Å². The molecule has 0 spiro atoms. The van der Waals surface area contributed by atoms with Crippen molar-refractivity contribution in [3.63, 3.8) is 0 Å². The molecule has 0 aliphatic heterocycles. The number of nitrogens with zero attached hydrogens (tertiary/aromatic N) is 1. The van der Waals surface area contributed by atoms with Crippen LogP contribution in [0.5, 0.6) is 5.88 Å². The molecule has 0 radical (unpaired) electrons. The normalized spacial score (nSPS) is 12.2. The van der Waals surface area contributed by atoms with Gasteiger partial charge < -0.3 is 10.1 Å². The molecule has 0 aromatic carbocycles. The number of ether oxygens (including phenoxy) is 1. The standard InChI is InChI=1S/C13H22N2O/c1-4-7-11(5-2)15-12-8-9-13(14-10-12)16-6-3/h8-11,15H,4-7H2,1-3H3. The molecular formula is C13H22N2O. The first kappa shape index (κ1) is 12.8. The van der Waals surface area contributed by atoms with E-state index in [-0.39, 0.29) is 0 Å². The lowest BCUT2D eigenvalue weighted by atomic mass is 10.1. The molecular weight excluding hydrogens is 200 g/mol. The molecule has 0 saturated heterocycles. The Hall–Kier alpha value is -1.25. The van der Waals surface area contributed by atoms with Crippen LogP contribution < -0.4 is 10.1 Å². The van der Waals surface area contributed by atoms with Crippen molar-refractivity contribution in [1.29, 1.82) is 0 Å². The topological polar surface area (TPSA) is 34.1 Å². The van der Waals surface area contributed by atoms with E-state index in [1.54, 1.807) is 0 Å². The molecule has 0 aliphatic rings. The van der Waals surface area contributed by atoms with Crippen molar-refractivity contribution in [3.8, 4) is 5.88 Å². The van der Waals surface area contributed by atoms with Gasteiger partial charge in [-0.2, -0.15) is 0 Å². The highest BCUT2D eigenvalue weighted by Crippen LogP contribution is 2.15. The number of hydrogen-bond donors (Lipinski definition) is 1. The van der Waals surface area contributed by atoms with Gasteiger partial charge in [0.05, 0.1) is 18.5 Å². The van der Waals surface area contributed by atoms with Gasteiger partial charge in [-0.25, -0.2) is 4.98 Å². The second-order valence-corrected chi connectivity index (χ2v) is 3.86. The Labute approximate surface area is 98.2 Å². The van der Waals surface area contributed by atoms with Gasteiger partial charge in [0.15, 0.2) is 0 Å². The van der Waals surface area contributed by atoms with Crippen LogP contribution in [0, 0.1) is 0 Å². The van der Waals surface area contributed by atoms with E-state index in [9.17, 15) is 0 Å². The minimum absolute atomic E-state index is 0.546. The number of hydrogen-bond acceptors (Lipinski definition) is 3. The molecule has 0 fully saturated rings. The van der Waals surface area contributed by atoms with Gasteiger partial charge in [-0.05, 0) is 25.8 Å². The lowest BCUT2D eigenvalue weighted by molar-refractivity contribution is 0.327. The van der Waals surface area contributed by atoms with Gasteiger partial charge >= 0.3 is 0 Å². The molecule has 1 heterocycles. The number of nitrogens with one attached hydrogen (secondary N) is 1. The molecule has 0 bridgehead atoms. The van der Waals surface area contributed by atoms with Gasteiger partial charge in [-0.1, -0.05) is 20.3 Å². The van der Waals surface area contributed by atoms with E-state index in [2.05, 4.69) is 24.1 Å². The maximum absolute atomic E-state index is 5.30. The average Bonchev–Trinajstić information content (AvgIpc) is 2.31. The smallest absolute Gasteiger partial charge is 0.213 e. The van der Waals surface area contributed by atoms with Crippen LogP contribution >= 0.6 is 0 Å². The summed E-state index contributed by atoms with van der Waals surface area (Å²) in [6.07, 6.45) is 5.38. The number of rotatable bonds is 7. The fourth-order valence-corrected chi connectivity index (χ4v) is 1.66. The number of anilines is 1. The van der Waals surface area contributed by atoms with Crippen molar-refractivity contribution >= 4 is 5.69 Å². The van der Waals surface area contributed by atoms with Gasteiger partial charge in [0.1, 0.15) is 0 Å². The van der Waals surface area contributed by atoms with Crippen LogP contribution in [0.25, 0.3) is 0 Å². The molecule has 3 heteroatoms. The lowest BCUT2D eigenvalue weighted by Crippen LogP contribution is -2.17. The van der Waals surface area contributed by atoms with Gasteiger partial charge in [0.2, 0.25) is 5.88 Å². The van der Waals surface area contributed by atoms with E-state index in [0.717, 1.165) is 12.1 Å². The van der Waals surface area contributed by atoms with Gasteiger partial charge in [0.25, 0.3) is 0 Å². The molecule has 0 amide bonds. The summed E-state index contributed by atoms with van der Waals surface area (Å²) in [5, 5.41) is 3.48. The van der Waals surface area contributed by atoms with Crippen molar-refractivity contribution in [2.24, 2.45) is 0 Å². The molecule has 1 aromatic heterocycles. The highest BCUT2D eigenvalue weighted by atomic mass is 16.5. The minimum Gasteiger partial charge on any atom is -0.478 e.